The molecule has 0 atom stereocenters. The van der Waals surface area contributed by atoms with Gasteiger partial charge in [0.1, 0.15) is 11.2 Å². The Bertz CT molecular complexity index is 3350. The number of para-hydroxylation sites is 3. The number of nitrogens with zero attached hydrogens (tertiary/aromatic N) is 3. The Hall–Kier alpha value is -7.83. The summed E-state index contributed by atoms with van der Waals surface area (Å²) in [5.74, 6) is 4.52. The molecule has 284 valence electrons. The van der Waals surface area contributed by atoms with Crippen LogP contribution in [0.1, 0.15) is 25.0 Å². The van der Waals surface area contributed by atoms with Gasteiger partial charge in [-0.25, -0.2) is 15.0 Å². The summed E-state index contributed by atoms with van der Waals surface area (Å²) in [7, 11) is 0. The van der Waals surface area contributed by atoms with Crippen molar-refractivity contribution in [3.63, 3.8) is 0 Å². The predicted octanol–water partition coefficient (Wildman–Crippen LogP) is 14.3. The number of benzene rings is 8. The van der Waals surface area contributed by atoms with Crippen LogP contribution < -0.4 is 9.47 Å². The van der Waals surface area contributed by atoms with Crippen LogP contribution in [0.5, 0.6) is 23.0 Å². The molecule has 1 aliphatic carbocycles. The Kier molecular flexibility index (Phi) is 7.47. The number of furan rings is 1. The molecule has 10 aromatic rings. The smallest absolute Gasteiger partial charge is 0.177 e. The van der Waals surface area contributed by atoms with Crippen LogP contribution in [0.3, 0.4) is 0 Å². The van der Waals surface area contributed by atoms with Crippen LogP contribution in [0.4, 0.5) is 0 Å². The van der Waals surface area contributed by atoms with E-state index < -0.39 is 0 Å². The molecule has 0 N–H and O–H groups in total. The standard InChI is InChI=1S/C54H35N3O3/c1-54(2)43-22-8-6-17-39(43)42-30-47-48(31-44(42)54)60-50-38(20-12-24-46(50)58-47)35-15-10-16-36(29-35)53-56-51(33-13-4-3-5-14-33)55-52(57-53)34-27-25-32(26-28-34)37-19-11-21-41-40-18-7-9-23-45(40)59-49(37)41/h3-31H,1-2H3. The predicted molar refractivity (Wildman–Crippen MR) is 238 cm³/mol. The quantitative estimate of drug-likeness (QED) is 0.173. The SMILES string of the molecule is CC1(C)c2ccccc2-c2cc3c(cc21)Oc1c(cccc1-c1cccc(-c2nc(-c4ccccc4)nc(-c4ccc(-c5cccc6c5oc5ccccc56)cc4)n2)c1)O3. The normalized spacial score (nSPS) is 13.2. The summed E-state index contributed by atoms with van der Waals surface area (Å²) < 4.78 is 19.7. The third-order valence-corrected chi connectivity index (χ3v) is 12.0. The van der Waals surface area contributed by atoms with E-state index in [9.17, 15) is 0 Å². The average Bonchev–Trinajstić information content (AvgIpc) is 3.79. The first-order valence-corrected chi connectivity index (χ1v) is 20.2. The number of hydrogen-bond acceptors (Lipinski definition) is 6. The molecule has 0 saturated carbocycles. The van der Waals surface area contributed by atoms with E-state index >= 15 is 0 Å². The molecule has 0 spiro atoms. The van der Waals surface area contributed by atoms with Crippen LogP contribution in [0.15, 0.2) is 180 Å². The third kappa shape index (κ3) is 5.38. The lowest BCUT2D eigenvalue weighted by atomic mass is 9.82. The number of fused-ring (bicyclic) bond motifs is 8. The molecule has 6 nitrogen and oxygen atoms in total. The summed E-state index contributed by atoms with van der Waals surface area (Å²) in [5.41, 5.74) is 13.2. The topological polar surface area (TPSA) is 70.3 Å². The van der Waals surface area contributed by atoms with E-state index in [2.05, 4.69) is 117 Å². The van der Waals surface area contributed by atoms with Gasteiger partial charge in [-0.3, -0.25) is 0 Å². The summed E-state index contributed by atoms with van der Waals surface area (Å²) in [5, 5.41) is 2.21. The van der Waals surface area contributed by atoms with E-state index in [0.717, 1.165) is 60.9 Å². The highest BCUT2D eigenvalue weighted by Crippen LogP contribution is 2.56. The van der Waals surface area contributed by atoms with Gasteiger partial charge in [0.25, 0.3) is 0 Å². The van der Waals surface area contributed by atoms with Crippen molar-refractivity contribution in [2.75, 3.05) is 0 Å². The van der Waals surface area contributed by atoms with Gasteiger partial charge in [-0.05, 0) is 63.7 Å². The molecule has 8 aromatic carbocycles. The van der Waals surface area contributed by atoms with Crippen molar-refractivity contribution in [2.45, 2.75) is 19.3 Å². The zero-order valence-corrected chi connectivity index (χ0v) is 32.8. The zero-order chi connectivity index (χ0) is 40.0. The summed E-state index contributed by atoms with van der Waals surface area (Å²) in [6.45, 7) is 4.54. The Balaban J connectivity index is 0.916. The maximum atomic E-state index is 6.79. The number of hydrogen-bond donors (Lipinski definition) is 0. The fraction of sp³-hybridized carbons (Fsp3) is 0.0556. The second-order valence-corrected chi connectivity index (χ2v) is 16.0. The minimum Gasteiger partial charge on any atom is -0.455 e. The van der Waals surface area contributed by atoms with Crippen LogP contribution in [-0.2, 0) is 5.41 Å². The van der Waals surface area contributed by atoms with Crippen molar-refractivity contribution in [1.29, 1.82) is 0 Å². The summed E-state index contributed by atoms with van der Waals surface area (Å²) >= 11 is 0. The molecular weight excluding hydrogens is 739 g/mol. The molecule has 2 aromatic heterocycles. The number of rotatable bonds is 5. The molecule has 0 unspecified atom stereocenters. The van der Waals surface area contributed by atoms with Gasteiger partial charge in [0.05, 0.1) is 0 Å². The fourth-order valence-electron chi connectivity index (χ4n) is 8.97. The van der Waals surface area contributed by atoms with Crippen molar-refractivity contribution in [3.8, 4) is 90.5 Å². The summed E-state index contributed by atoms with van der Waals surface area (Å²) in [6, 6.07) is 60.1. The summed E-state index contributed by atoms with van der Waals surface area (Å²) in [4.78, 5) is 15.2. The maximum absolute atomic E-state index is 6.79. The third-order valence-electron chi connectivity index (χ3n) is 12.0. The van der Waals surface area contributed by atoms with E-state index in [1.807, 2.05) is 72.8 Å². The fourth-order valence-corrected chi connectivity index (χ4v) is 8.97. The molecule has 0 bridgehead atoms. The van der Waals surface area contributed by atoms with Crippen LogP contribution >= 0.6 is 0 Å². The monoisotopic (exact) mass is 773 g/mol. The van der Waals surface area contributed by atoms with Crippen molar-refractivity contribution in [3.05, 3.63) is 187 Å². The molecule has 0 saturated heterocycles. The lowest BCUT2D eigenvalue weighted by molar-refractivity contribution is 0.360. The number of ether oxygens (including phenoxy) is 2. The maximum Gasteiger partial charge on any atom is 0.177 e. The van der Waals surface area contributed by atoms with E-state index in [1.165, 1.54) is 22.3 Å². The summed E-state index contributed by atoms with van der Waals surface area (Å²) in [6.07, 6.45) is 0. The van der Waals surface area contributed by atoms with Gasteiger partial charge < -0.3 is 13.9 Å². The van der Waals surface area contributed by atoms with Gasteiger partial charge in [-0.1, -0.05) is 159 Å². The van der Waals surface area contributed by atoms with Gasteiger partial charge in [0, 0.05) is 44.0 Å². The van der Waals surface area contributed by atoms with Crippen molar-refractivity contribution >= 4 is 21.9 Å². The molecule has 1 aliphatic heterocycles. The average molecular weight is 774 g/mol. The molecule has 0 amide bonds. The largest absolute Gasteiger partial charge is 0.455 e. The highest BCUT2D eigenvalue weighted by molar-refractivity contribution is 6.09. The first-order valence-electron chi connectivity index (χ1n) is 20.2. The minimum absolute atomic E-state index is 0.160. The van der Waals surface area contributed by atoms with Gasteiger partial charge in [0.2, 0.25) is 0 Å². The second-order valence-electron chi connectivity index (χ2n) is 16.0. The molecule has 6 heteroatoms. The van der Waals surface area contributed by atoms with Crippen LogP contribution in [0, 0.1) is 0 Å². The Morgan fingerprint density at radius 2 is 0.983 bits per heavy atom. The van der Waals surface area contributed by atoms with E-state index in [4.69, 9.17) is 28.8 Å². The molecule has 60 heavy (non-hydrogen) atoms. The van der Waals surface area contributed by atoms with E-state index in [0.29, 0.717) is 40.5 Å². The highest BCUT2D eigenvalue weighted by atomic mass is 16.6. The second kappa shape index (κ2) is 13.1. The molecule has 12 rings (SSSR count). The molecule has 0 fully saturated rings. The molecular formula is C54H35N3O3. The minimum atomic E-state index is -0.160. The Morgan fingerprint density at radius 1 is 0.383 bits per heavy atom. The van der Waals surface area contributed by atoms with Gasteiger partial charge in [0.15, 0.2) is 40.5 Å². The highest BCUT2D eigenvalue weighted by Gasteiger charge is 2.37. The Morgan fingerprint density at radius 3 is 1.83 bits per heavy atom. The molecule has 2 aliphatic rings. The molecule has 0 radical (unpaired) electrons. The number of aromatic nitrogens is 3. The van der Waals surface area contributed by atoms with Crippen molar-refractivity contribution in [1.82, 2.24) is 15.0 Å². The Labute approximate surface area is 346 Å². The van der Waals surface area contributed by atoms with Crippen molar-refractivity contribution < 1.29 is 13.9 Å². The van der Waals surface area contributed by atoms with Gasteiger partial charge in [-0.15, -0.1) is 0 Å². The first-order chi connectivity index (χ1) is 29.5. The van der Waals surface area contributed by atoms with E-state index in [-0.39, 0.29) is 5.41 Å². The van der Waals surface area contributed by atoms with Crippen LogP contribution in [0.25, 0.3) is 89.5 Å². The lowest BCUT2D eigenvalue weighted by Crippen LogP contribution is -2.15. The van der Waals surface area contributed by atoms with Crippen molar-refractivity contribution in [2.24, 2.45) is 0 Å². The lowest BCUT2D eigenvalue weighted by Gasteiger charge is -2.26. The first kappa shape index (κ1) is 34.2. The molecule has 3 heterocycles. The van der Waals surface area contributed by atoms with Gasteiger partial charge in [-0.2, -0.15) is 0 Å². The zero-order valence-electron chi connectivity index (χ0n) is 32.8. The van der Waals surface area contributed by atoms with Crippen LogP contribution in [0.2, 0.25) is 0 Å². The van der Waals surface area contributed by atoms with E-state index in [1.54, 1.807) is 0 Å². The van der Waals surface area contributed by atoms with Crippen LogP contribution in [-0.4, -0.2) is 15.0 Å². The van der Waals surface area contributed by atoms with Gasteiger partial charge >= 0.3 is 0 Å².